The molecule has 0 saturated heterocycles. The summed E-state index contributed by atoms with van der Waals surface area (Å²) in [5, 5.41) is 40.2. The Balaban J connectivity index is 1.91. The zero-order valence-electron chi connectivity index (χ0n) is 19.2. The highest BCUT2D eigenvalue weighted by Gasteiger charge is 2.38. The molecule has 1 saturated carbocycles. The van der Waals surface area contributed by atoms with E-state index in [4.69, 9.17) is 5.73 Å². The molecule has 0 aliphatic heterocycles. The number of amides is 2. The van der Waals surface area contributed by atoms with E-state index in [-0.39, 0.29) is 28.5 Å². The lowest BCUT2D eigenvalue weighted by atomic mass is 9.71. The first-order valence-electron chi connectivity index (χ1n) is 11.4. The summed E-state index contributed by atoms with van der Waals surface area (Å²) in [5.41, 5.74) is 4.62. The lowest BCUT2D eigenvalue weighted by Crippen LogP contribution is -2.47. The van der Waals surface area contributed by atoms with Gasteiger partial charge in [0.25, 0.3) is 5.91 Å². The Morgan fingerprint density at radius 2 is 1.42 bits per heavy atom. The van der Waals surface area contributed by atoms with Gasteiger partial charge < -0.3 is 31.1 Å². The smallest absolute Gasteiger partial charge is 0.423 e. The number of carbonyl (C=O) groups excluding carboxylic acids is 3. The summed E-state index contributed by atoms with van der Waals surface area (Å²) in [6.45, 7) is 0. The molecule has 0 aromatic heterocycles. The molecule has 1 aliphatic carbocycles. The minimum Gasteiger partial charge on any atom is -0.423 e. The van der Waals surface area contributed by atoms with Crippen LogP contribution in [0.1, 0.15) is 52.8 Å². The largest absolute Gasteiger partial charge is 0.488 e. The summed E-state index contributed by atoms with van der Waals surface area (Å²) in [4.78, 5) is 38.2. The van der Waals surface area contributed by atoms with Crippen LogP contribution in [0.5, 0.6) is 0 Å². The van der Waals surface area contributed by atoms with Crippen molar-refractivity contribution in [1.82, 2.24) is 5.32 Å². The molecule has 2 aromatic carbocycles. The van der Waals surface area contributed by atoms with Crippen molar-refractivity contribution in [3.05, 3.63) is 59.2 Å². The minimum absolute atomic E-state index is 0.160. The zero-order chi connectivity index (χ0) is 26.6. The van der Waals surface area contributed by atoms with Crippen molar-refractivity contribution < 1.29 is 43.3 Å². The number of rotatable bonds is 9. The highest BCUT2D eigenvalue weighted by atomic mass is 19.1. The summed E-state index contributed by atoms with van der Waals surface area (Å²) < 4.78 is 28.0. The molecule has 1 aliphatic rings. The summed E-state index contributed by atoms with van der Waals surface area (Å²) in [6, 6.07) is 5.22. The third-order valence-corrected chi connectivity index (χ3v) is 6.39. The van der Waals surface area contributed by atoms with Crippen molar-refractivity contribution in [3.63, 3.8) is 0 Å². The lowest BCUT2D eigenvalue weighted by molar-refractivity contribution is -0.119. The Kier molecular flexibility index (Phi) is 8.96. The molecule has 9 nitrogen and oxygen atoms in total. The molecule has 190 valence electrons. The van der Waals surface area contributed by atoms with Crippen molar-refractivity contribution in [2.45, 2.75) is 38.1 Å². The standard InChI is InChI=1S/C23H26B2F2N2O7/c26-16-7-12(5-14(9-16)24(33)34)22(31)19(11-21(28)30)18-3-1-2-4-20(18)29-23(32)13-6-15(25(35)36)10-17(27)8-13/h5-10,18-20,33-36H,1-4,11H2,(H2,28,30)(H,29,32). The number of carbonyl (C=O) groups is 3. The molecule has 36 heavy (non-hydrogen) atoms. The summed E-state index contributed by atoms with van der Waals surface area (Å²) >= 11 is 0. The number of nitrogens with two attached hydrogens (primary N) is 1. The van der Waals surface area contributed by atoms with Gasteiger partial charge in [-0.15, -0.1) is 0 Å². The normalized spacial score (nSPS) is 18.3. The maximum atomic E-state index is 14.1. The van der Waals surface area contributed by atoms with Gasteiger partial charge in [-0.2, -0.15) is 0 Å². The van der Waals surface area contributed by atoms with Gasteiger partial charge in [-0.1, -0.05) is 18.9 Å². The molecule has 0 spiro atoms. The van der Waals surface area contributed by atoms with Gasteiger partial charge >= 0.3 is 14.2 Å². The molecule has 3 atom stereocenters. The Morgan fingerprint density at radius 3 is 1.97 bits per heavy atom. The fourth-order valence-electron chi connectivity index (χ4n) is 4.74. The van der Waals surface area contributed by atoms with Crippen LogP contribution < -0.4 is 22.0 Å². The first-order chi connectivity index (χ1) is 17.0. The number of hydrogen-bond acceptors (Lipinski definition) is 7. The molecule has 7 N–H and O–H groups in total. The van der Waals surface area contributed by atoms with Crippen LogP contribution in [0, 0.1) is 23.5 Å². The number of nitrogens with one attached hydrogen (secondary N) is 1. The van der Waals surface area contributed by atoms with Crippen LogP contribution in [-0.4, -0.2) is 58.0 Å². The molecular weight excluding hydrogens is 476 g/mol. The predicted octanol–water partition coefficient (Wildman–Crippen LogP) is -1.01. The zero-order valence-corrected chi connectivity index (χ0v) is 19.2. The Morgan fingerprint density at radius 1 is 0.889 bits per heavy atom. The average molecular weight is 502 g/mol. The maximum Gasteiger partial charge on any atom is 0.488 e. The first kappa shape index (κ1) is 27.5. The van der Waals surface area contributed by atoms with E-state index in [0.29, 0.717) is 25.7 Å². The van der Waals surface area contributed by atoms with Crippen molar-refractivity contribution in [2.75, 3.05) is 0 Å². The number of Topliss-reactive ketones (excluding diaryl/α,β-unsaturated/α-hetero) is 1. The monoisotopic (exact) mass is 502 g/mol. The second kappa shape index (κ2) is 11.7. The van der Waals surface area contributed by atoms with Crippen molar-refractivity contribution >= 4 is 42.8 Å². The Bertz CT molecular complexity index is 1150. The molecule has 1 fully saturated rings. The van der Waals surface area contributed by atoms with Crippen LogP contribution in [0.2, 0.25) is 0 Å². The molecule has 3 unspecified atom stereocenters. The van der Waals surface area contributed by atoms with Crippen molar-refractivity contribution in [1.29, 1.82) is 0 Å². The quantitative estimate of drug-likeness (QED) is 0.189. The van der Waals surface area contributed by atoms with Gasteiger partial charge in [0.15, 0.2) is 5.78 Å². The van der Waals surface area contributed by atoms with E-state index in [9.17, 15) is 43.3 Å². The summed E-state index contributed by atoms with van der Waals surface area (Å²) in [6.07, 6.45) is 1.87. The molecule has 3 rings (SSSR count). The second-order valence-corrected chi connectivity index (χ2v) is 8.96. The van der Waals surface area contributed by atoms with Gasteiger partial charge in [0.2, 0.25) is 5.91 Å². The SMILES string of the molecule is NC(=O)CC(C(=O)c1cc(F)cc(B(O)O)c1)C1CCCCC1NC(=O)c1cc(F)cc(B(O)O)c1. The molecule has 0 radical (unpaired) electrons. The third kappa shape index (κ3) is 6.76. The Labute approximate surface area is 206 Å². The highest BCUT2D eigenvalue weighted by Crippen LogP contribution is 2.34. The van der Waals surface area contributed by atoms with E-state index >= 15 is 0 Å². The highest BCUT2D eigenvalue weighted by molar-refractivity contribution is 6.59. The summed E-state index contributed by atoms with van der Waals surface area (Å²) in [5.74, 6) is -5.47. The van der Waals surface area contributed by atoms with E-state index in [1.54, 1.807) is 0 Å². The number of halogens is 2. The summed E-state index contributed by atoms with van der Waals surface area (Å²) in [7, 11) is -4.00. The van der Waals surface area contributed by atoms with Crippen LogP contribution in [0.3, 0.4) is 0 Å². The molecule has 13 heteroatoms. The van der Waals surface area contributed by atoms with E-state index in [0.717, 1.165) is 36.4 Å². The molecule has 2 amide bonds. The van der Waals surface area contributed by atoms with Crippen LogP contribution in [0.4, 0.5) is 8.78 Å². The van der Waals surface area contributed by atoms with E-state index in [1.165, 1.54) is 0 Å². The minimum atomic E-state index is -2.02. The number of ketones is 1. The molecule has 2 aromatic rings. The van der Waals surface area contributed by atoms with Crippen LogP contribution in [0.15, 0.2) is 36.4 Å². The van der Waals surface area contributed by atoms with Gasteiger partial charge in [0, 0.05) is 29.5 Å². The van der Waals surface area contributed by atoms with Gasteiger partial charge in [-0.05, 0) is 60.0 Å². The lowest BCUT2D eigenvalue weighted by Gasteiger charge is -2.36. The average Bonchev–Trinajstić information content (AvgIpc) is 2.81. The van der Waals surface area contributed by atoms with E-state index in [1.807, 2.05) is 0 Å². The van der Waals surface area contributed by atoms with Gasteiger partial charge in [-0.3, -0.25) is 14.4 Å². The third-order valence-electron chi connectivity index (χ3n) is 6.39. The van der Waals surface area contributed by atoms with Gasteiger partial charge in [-0.25, -0.2) is 8.78 Å². The number of primary amides is 1. The second-order valence-electron chi connectivity index (χ2n) is 8.96. The first-order valence-corrected chi connectivity index (χ1v) is 11.4. The fraction of sp³-hybridized carbons (Fsp3) is 0.348. The number of benzene rings is 2. The van der Waals surface area contributed by atoms with Gasteiger partial charge in [0.1, 0.15) is 11.6 Å². The molecular formula is C23H26B2F2N2O7. The van der Waals surface area contributed by atoms with E-state index in [2.05, 4.69) is 5.32 Å². The molecule has 0 bridgehead atoms. The number of hydrogen-bond donors (Lipinski definition) is 6. The molecule has 0 heterocycles. The maximum absolute atomic E-state index is 14.1. The van der Waals surface area contributed by atoms with Gasteiger partial charge in [0.05, 0.1) is 0 Å². The predicted molar refractivity (Wildman–Crippen MR) is 127 cm³/mol. The van der Waals surface area contributed by atoms with Crippen LogP contribution in [-0.2, 0) is 4.79 Å². The Hall–Kier alpha value is -3.12. The van der Waals surface area contributed by atoms with E-state index < -0.39 is 61.3 Å². The topological polar surface area (TPSA) is 170 Å². The van der Waals surface area contributed by atoms with Crippen LogP contribution in [0.25, 0.3) is 0 Å². The fourth-order valence-corrected chi connectivity index (χ4v) is 4.74. The van der Waals surface area contributed by atoms with Crippen molar-refractivity contribution in [2.24, 2.45) is 17.6 Å². The van der Waals surface area contributed by atoms with Crippen molar-refractivity contribution in [3.8, 4) is 0 Å². The van der Waals surface area contributed by atoms with Crippen LogP contribution >= 0.6 is 0 Å².